The molecule has 0 aromatic heterocycles. The molecule has 0 bridgehead atoms. The second-order valence-corrected chi connectivity index (χ2v) is 7.42. The SMILES string of the molecule is C=C(CC)CC(N)C1CSC(C)C(C)S1. The Labute approximate surface area is 103 Å². The van der Waals surface area contributed by atoms with Gasteiger partial charge in [-0.25, -0.2) is 0 Å². The lowest BCUT2D eigenvalue weighted by atomic mass is 10.0. The van der Waals surface area contributed by atoms with Crippen molar-refractivity contribution in [2.75, 3.05) is 5.75 Å². The normalized spacial score (nSPS) is 33.7. The maximum Gasteiger partial charge on any atom is 0.0295 e. The fourth-order valence-electron chi connectivity index (χ4n) is 1.64. The van der Waals surface area contributed by atoms with Crippen LogP contribution in [0.15, 0.2) is 12.2 Å². The highest BCUT2D eigenvalue weighted by Crippen LogP contribution is 2.37. The highest BCUT2D eigenvalue weighted by molar-refractivity contribution is 8.07. The van der Waals surface area contributed by atoms with Gasteiger partial charge in [0, 0.05) is 27.5 Å². The highest BCUT2D eigenvalue weighted by Gasteiger charge is 2.29. The maximum absolute atomic E-state index is 6.24. The molecule has 88 valence electrons. The zero-order valence-electron chi connectivity index (χ0n) is 10.0. The lowest BCUT2D eigenvalue weighted by Gasteiger charge is -2.34. The Balaban J connectivity index is 2.40. The number of nitrogens with two attached hydrogens (primary N) is 1. The van der Waals surface area contributed by atoms with Crippen molar-refractivity contribution >= 4 is 23.5 Å². The first-order valence-electron chi connectivity index (χ1n) is 5.73. The van der Waals surface area contributed by atoms with Crippen LogP contribution in [0.4, 0.5) is 0 Å². The van der Waals surface area contributed by atoms with Crippen molar-refractivity contribution in [3.05, 3.63) is 12.2 Å². The molecule has 0 spiro atoms. The molecule has 1 nitrogen and oxygen atoms in total. The quantitative estimate of drug-likeness (QED) is 0.770. The van der Waals surface area contributed by atoms with Gasteiger partial charge in [0.25, 0.3) is 0 Å². The summed E-state index contributed by atoms with van der Waals surface area (Å²) in [5, 5.41) is 2.12. The molecule has 0 radical (unpaired) electrons. The molecule has 0 amide bonds. The van der Waals surface area contributed by atoms with Crippen LogP contribution in [-0.2, 0) is 0 Å². The average Bonchev–Trinajstić information content (AvgIpc) is 2.21. The van der Waals surface area contributed by atoms with Crippen LogP contribution in [0.5, 0.6) is 0 Å². The lowest BCUT2D eigenvalue weighted by Crippen LogP contribution is -2.39. The molecule has 1 fully saturated rings. The third kappa shape index (κ3) is 4.04. The standard InChI is InChI=1S/C12H23NS2/c1-5-8(2)6-11(13)12-7-14-9(3)10(4)15-12/h9-12H,2,5-7,13H2,1,3-4H3. The van der Waals surface area contributed by atoms with Gasteiger partial charge < -0.3 is 5.73 Å². The van der Waals surface area contributed by atoms with Crippen LogP contribution in [0.25, 0.3) is 0 Å². The van der Waals surface area contributed by atoms with Crippen LogP contribution >= 0.6 is 23.5 Å². The van der Waals surface area contributed by atoms with Gasteiger partial charge >= 0.3 is 0 Å². The minimum atomic E-state index is 0.296. The first-order chi connectivity index (χ1) is 7.04. The van der Waals surface area contributed by atoms with Crippen LogP contribution in [-0.4, -0.2) is 27.5 Å². The van der Waals surface area contributed by atoms with E-state index in [0.717, 1.165) is 23.3 Å². The van der Waals surface area contributed by atoms with Crippen LogP contribution in [0.2, 0.25) is 0 Å². The van der Waals surface area contributed by atoms with Crippen molar-refractivity contribution in [2.45, 2.75) is 55.4 Å². The first-order valence-corrected chi connectivity index (χ1v) is 7.73. The van der Waals surface area contributed by atoms with Crippen molar-refractivity contribution in [1.82, 2.24) is 0 Å². The molecule has 1 heterocycles. The summed E-state index contributed by atoms with van der Waals surface area (Å²) in [7, 11) is 0. The van der Waals surface area contributed by atoms with E-state index in [1.807, 2.05) is 0 Å². The molecular formula is C12H23NS2. The van der Waals surface area contributed by atoms with E-state index in [-0.39, 0.29) is 0 Å². The van der Waals surface area contributed by atoms with E-state index in [2.05, 4.69) is 50.9 Å². The summed E-state index contributed by atoms with van der Waals surface area (Å²) in [6, 6.07) is 0.296. The van der Waals surface area contributed by atoms with Crippen LogP contribution in [0.3, 0.4) is 0 Å². The molecule has 1 aliphatic rings. The molecule has 15 heavy (non-hydrogen) atoms. The number of hydrogen-bond acceptors (Lipinski definition) is 3. The molecular weight excluding hydrogens is 222 g/mol. The van der Waals surface area contributed by atoms with Gasteiger partial charge in [0.15, 0.2) is 0 Å². The van der Waals surface area contributed by atoms with Gasteiger partial charge in [0.1, 0.15) is 0 Å². The molecule has 0 aromatic carbocycles. The zero-order valence-corrected chi connectivity index (χ0v) is 11.7. The summed E-state index contributed by atoms with van der Waals surface area (Å²) < 4.78 is 0. The second kappa shape index (κ2) is 6.21. The minimum Gasteiger partial charge on any atom is -0.326 e. The Morgan fingerprint density at radius 3 is 2.67 bits per heavy atom. The predicted molar refractivity (Wildman–Crippen MR) is 74.8 cm³/mol. The summed E-state index contributed by atoms with van der Waals surface area (Å²) >= 11 is 4.13. The summed E-state index contributed by atoms with van der Waals surface area (Å²) in [4.78, 5) is 0. The second-order valence-electron chi connectivity index (χ2n) is 4.39. The maximum atomic E-state index is 6.24. The zero-order chi connectivity index (χ0) is 11.4. The van der Waals surface area contributed by atoms with E-state index in [9.17, 15) is 0 Å². The summed E-state index contributed by atoms with van der Waals surface area (Å²) in [6.07, 6.45) is 2.06. The molecule has 3 heteroatoms. The van der Waals surface area contributed by atoms with E-state index >= 15 is 0 Å². The van der Waals surface area contributed by atoms with E-state index in [4.69, 9.17) is 5.73 Å². The molecule has 2 N–H and O–H groups in total. The van der Waals surface area contributed by atoms with E-state index in [0.29, 0.717) is 11.3 Å². The molecule has 1 saturated heterocycles. The number of thioether (sulfide) groups is 2. The third-order valence-corrected chi connectivity index (χ3v) is 6.65. The predicted octanol–water partition coefficient (Wildman–Crippen LogP) is 3.30. The molecule has 4 atom stereocenters. The fraction of sp³-hybridized carbons (Fsp3) is 0.833. The van der Waals surface area contributed by atoms with Crippen LogP contribution in [0, 0.1) is 0 Å². The van der Waals surface area contributed by atoms with Crippen molar-refractivity contribution in [3.8, 4) is 0 Å². The van der Waals surface area contributed by atoms with Gasteiger partial charge in [0.05, 0.1) is 0 Å². The van der Waals surface area contributed by atoms with E-state index in [1.54, 1.807) is 0 Å². The first kappa shape index (κ1) is 13.5. The van der Waals surface area contributed by atoms with Crippen LogP contribution in [0.1, 0.15) is 33.6 Å². The van der Waals surface area contributed by atoms with Crippen molar-refractivity contribution < 1.29 is 0 Å². The summed E-state index contributed by atoms with van der Waals surface area (Å²) in [5.74, 6) is 1.20. The number of hydrogen-bond donors (Lipinski definition) is 1. The van der Waals surface area contributed by atoms with Gasteiger partial charge in [-0.1, -0.05) is 32.9 Å². The molecule has 0 saturated carbocycles. The Hall–Kier alpha value is 0.400. The largest absolute Gasteiger partial charge is 0.326 e. The number of rotatable bonds is 4. The van der Waals surface area contributed by atoms with E-state index < -0.39 is 0 Å². The monoisotopic (exact) mass is 245 g/mol. The molecule has 0 aromatic rings. The third-order valence-electron chi connectivity index (χ3n) is 3.08. The Morgan fingerprint density at radius 2 is 2.13 bits per heavy atom. The van der Waals surface area contributed by atoms with Gasteiger partial charge in [-0.05, 0) is 12.8 Å². The van der Waals surface area contributed by atoms with E-state index in [1.165, 1.54) is 11.3 Å². The van der Waals surface area contributed by atoms with Gasteiger partial charge in [0.2, 0.25) is 0 Å². The minimum absolute atomic E-state index is 0.296. The van der Waals surface area contributed by atoms with Crippen molar-refractivity contribution in [2.24, 2.45) is 5.73 Å². The summed E-state index contributed by atoms with van der Waals surface area (Å²) in [6.45, 7) is 10.8. The highest BCUT2D eigenvalue weighted by atomic mass is 32.2. The Bertz CT molecular complexity index is 218. The van der Waals surface area contributed by atoms with Crippen molar-refractivity contribution in [3.63, 3.8) is 0 Å². The lowest BCUT2D eigenvalue weighted by molar-refractivity contribution is 0.644. The molecule has 1 aliphatic heterocycles. The van der Waals surface area contributed by atoms with Gasteiger partial charge in [-0.2, -0.15) is 23.5 Å². The van der Waals surface area contributed by atoms with Gasteiger partial charge in [-0.3, -0.25) is 0 Å². The van der Waals surface area contributed by atoms with Crippen molar-refractivity contribution in [1.29, 1.82) is 0 Å². The summed E-state index contributed by atoms with van der Waals surface area (Å²) in [5.41, 5.74) is 7.53. The topological polar surface area (TPSA) is 26.0 Å². The molecule has 1 rings (SSSR count). The Morgan fingerprint density at radius 1 is 1.47 bits per heavy atom. The molecule has 0 aliphatic carbocycles. The van der Waals surface area contributed by atoms with Crippen LogP contribution < -0.4 is 5.73 Å². The fourth-order valence-corrected chi connectivity index (χ4v) is 4.70. The smallest absolute Gasteiger partial charge is 0.0295 e. The Kier molecular flexibility index (Phi) is 5.58. The van der Waals surface area contributed by atoms with Gasteiger partial charge in [-0.15, -0.1) is 0 Å². The average molecular weight is 245 g/mol. The molecule has 4 unspecified atom stereocenters.